The van der Waals surface area contributed by atoms with E-state index in [4.69, 9.17) is 0 Å². The van der Waals surface area contributed by atoms with Crippen molar-refractivity contribution in [2.75, 3.05) is 0 Å². The van der Waals surface area contributed by atoms with Crippen molar-refractivity contribution in [3.63, 3.8) is 0 Å². The van der Waals surface area contributed by atoms with E-state index in [1.54, 1.807) is 0 Å². The van der Waals surface area contributed by atoms with Crippen LogP contribution in [0.4, 0.5) is 0 Å². The second kappa shape index (κ2) is 24.5. The molecule has 1 rings (SSSR count). The van der Waals surface area contributed by atoms with Gasteiger partial charge in [0.2, 0.25) is 0 Å². The van der Waals surface area contributed by atoms with Gasteiger partial charge in [0.15, 0.2) is 0 Å². The Balaban J connectivity index is -0.000000156. The standard InChI is InChI=1S/C13H22.4C2H6/c1-4-9-12(5-2)13(6-3)10-7-8-11-13;4*1-2/h5,9H,2,4,6-8,10-11H2,1,3H3;4*1-2H3/b12-9+;;;;. The van der Waals surface area contributed by atoms with Gasteiger partial charge in [-0.05, 0) is 36.7 Å². The SMILES string of the molecule is C=C/C(=C\CC)C1(CC)CCCC1.CC.CC.CC.CC. The first-order chi connectivity index (χ1) is 10.3. The predicted octanol–water partition coefficient (Wildman–Crippen LogP) is 8.58. The lowest BCUT2D eigenvalue weighted by atomic mass is 9.76. The fraction of sp³-hybridized carbons (Fsp3) is 0.810. The molecule has 0 nitrogen and oxygen atoms in total. The number of hydrogen-bond donors (Lipinski definition) is 0. The molecule has 0 heterocycles. The molecule has 0 unspecified atom stereocenters. The van der Waals surface area contributed by atoms with Crippen LogP contribution in [0.1, 0.15) is 108 Å². The van der Waals surface area contributed by atoms with Crippen LogP contribution < -0.4 is 0 Å². The first kappa shape index (κ1) is 28.6. The molecular weight excluding hydrogens is 252 g/mol. The summed E-state index contributed by atoms with van der Waals surface area (Å²) in [5, 5.41) is 0. The lowest BCUT2D eigenvalue weighted by Crippen LogP contribution is -2.17. The van der Waals surface area contributed by atoms with Crippen LogP contribution in [0.2, 0.25) is 0 Å². The zero-order chi connectivity index (χ0) is 17.7. The Morgan fingerprint density at radius 3 is 1.48 bits per heavy atom. The van der Waals surface area contributed by atoms with E-state index in [1.165, 1.54) is 37.7 Å². The molecule has 130 valence electrons. The van der Waals surface area contributed by atoms with Crippen molar-refractivity contribution >= 4 is 0 Å². The zero-order valence-electron chi connectivity index (χ0n) is 17.1. The summed E-state index contributed by atoms with van der Waals surface area (Å²) in [6, 6.07) is 0. The van der Waals surface area contributed by atoms with Crippen molar-refractivity contribution in [2.45, 2.75) is 108 Å². The van der Waals surface area contributed by atoms with E-state index in [0.29, 0.717) is 5.41 Å². The molecule has 21 heavy (non-hydrogen) atoms. The van der Waals surface area contributed by atoms with Crippen LogP contribution in [-0.2, 0) is 0 Å². The van der Waals surface area contributed by atoms with Crippen LogP contribution in [0.25, 0.3) is 0 Å². The van der Waals surface area contributed by atoms with Crippen LogP contribution in [0.3, 0.4) is 0 Å². The number of allylic oxidation sites excluding steroid dienone is 3. The minimum Gasteiger partial charge on any atom is -0.0988 e. The Hall–Kier alpha value is -0.520. The van der Waals surface area contributed by atoms with E-state index in [-0.39, 0.29) is 0 Å². The van der Waals surface area contributed by atoms with Gasteiger partial charge in [-0.25, -0.2) is 0 Å². The molecule has 1 fully saturated rings. The molecule has 0 atom stereocenters. The smallest absolute Gasteiger partial charge is 0.00529 e. The molecule has 0 radical (unpaired) electrons. The molecule has 0 spiro atoms. The Morgan fingerprint density at radius 1 is 0.857 bits per heavy atom. The lowest BCUT2D eigenvalue weighted by molar-refractivity contribution is 0.361. The van der Waals surface area contributed by atoms with E-state index in [1.807, 2.05) is 55.4 Å². The van der Waals surface area contributed by atoms with Crippen LogP contribution >= 0.6 is 0 Å². The maximum atomic E-state index is 3.95. The summed E-state index contributed by atoms with van der Waals surface area (Å²) in [4.78, 5) is 0. The molecule has 0 bridgehead atoms. The van der Waals surface area contributed by atoms with Gasteiger partial charge in [0, 0.05) is 0 Å². The topological polar surface area (TPSA) is 0 Å². The van der Waals surface area contributed by atoms with Gasteiger partial charge in [0.25, 0.3) is 0 Å². The summed E-state index contributed by atoms with van der Waals surface area (Å²) in [6.45, 7) is 24.5. The van der Waals surface area contributed by atoms with E-state index in [9.17, 15) is 0 Å². The van der Waals surface area contributed by atoms with E-state index < -0.39 is 0 Å². The molecule has 0 saturated heterocycles. The Kier molecular flexibility index (Phi) is 33.4. The van der Waals surface area contributed by atoms with Crippen molar-refractivity contribution in [3.05, 3.63) is 24.3 Å². The summed E-state index contributed by atoms with van der Waals surface area (Å²) < 4.78 is 0. The highest BCUT2D eigenvalue weighted by atomic mass is 14.4. The van der Waals surface area contributed by atoms with Gasteiger partial charge < -0.3 is 0 Å². The van der Waals surface area contributed by atoms with Gasteiger partial charge in [-0.2, -0.15) is 0 Å². The number of hydrogen-bond acceptors (Lipinski definition) is 0. The quantitative estimate of drug-likeness (QED) is 0.456. The Labute approximate surface area is 138 Å². The second-order valence-corrected chi connectivity index (χ2v) is 4.11. The monoisotopic (exact) mass is 298 g/mol. The van der Waals surface area contributed by atoms with Gasteiger partial charge in [0.05, 0.1) is 0 Å². The minimum atomic E-state index is 0.498. The molecule has 0 aromatic heterocycles. The first-order valence-corrected chi connectivity index (χ1v) is 9.62. The van der Waals surface area contributed by atoms with E-state index in [0.717, 1.165) is 6.42 Å². The lowest BCUT2D eigenvalue weighted by Gasteiger charge is -2.29. The first-order valence-electron chi connectivity index (χ1n) is 9.62. The average molecular weight is 299 g/mol. The third kappa shape index (κ3) is 11.8. The number of rotatable bonds is 4. The van der Waals surface area contributed by atoms with Crippen LogP contribution in [0.15, 0.2) is 24.3 Å². The van der Waals surface area contributed by atoms with Crippen molar-refractivity contribution < 1.29 is 0 Å². The van der Waals surface area contributed by atoms with Gasteiger partial charge in [-0.1, -0.05) is 101 Å². The zero-order valence-corrected chi connectivity index (χ0v) is 17.1. The van der Waals surface area contributed by atoms with E-state index in [2.05, 4.69) is 32.6 Å². The normalized spacial score (nSPS) is 14.7. The third-order valence-corrected chi connectivity index (χ3v) is 3.49. The molecule has 0 N–H and O–H groups in total. The van der Waals surface area contributed by atoms with Gasteiger partial charge >= 0.3 is 0 Å². The maximum Gasteiger partial charge on any atom is -0.00529 e. The fourth-order valence-corrected chi connectivity index (χ4v) is 2.63. The molecule has 1 aliphatic rings. The molecular formula is C21H46. The summed E-state index contributed by atoms with van der Waals surface area (Å²) in [6.07, 6.45) is 12.4. The minimum absolute atomic E-state index is 0.498. The van der Waals surface area contributed by atoms with Crippen molar-refractivity contribution in [1.82, 2.24) is 0 Å². The highest BCUT2D eigenvalue weighted by molar-refractivity contribution is 5.26. The molecule has 0 heteroatoms. The van der Waals surface area contributed by atoms with Crippen molar-refractivity contribution in [1.29, 1.82) is 0 Å². The van der Waals surface area contributed by atoms with Crippen LogP contribution in [0.5, 0.6) is 0 Å². The molecule has 0 aromatic carbocycles. The van der Waals surface area contributed by atoms with Gasteiger partial charge in [-0.3, -0.25) is 0 Å². The highest BCUT2D eigenvalue weighted by Gasteiger charge is 2.33. The van der Waals surface area contributed by atoms with Gasteiger partial charge in [0.1, 0.15) is 0 Å². The summed E-state index contributed by atoms with van der Waals surface area (Å²) in [7, 11) is 0. The van der Waals surface area contributed by atoms with Crippen LogP contribution in [-0.4, -0.2) is 0 Å². The molecule has 1 saturated carbocycles. The fourth-order valence-electron chi connectivity index (χ4n) is 2.63. The Bertz CT molecular complexity index is 192. The molecule has 0 amide bonds. The van der Waals surface area contributed by atoms with Crippen LogP contribution in [0, 0.1) is 5.41 Å². The summed E-state index contributed by atoms with van der Waals surface area (Å²) in [5.41, 5.74) is 2.01. The second-order valence-electron chi connectivity index (χ2n) is 4.11. The van der Waals surface area contributed by atoms with Gasteiger partial charge in [-0.15, -0.1) is 0 Å². The van der Waals surface area contributed by atoms with Crippen molar-refractivity contribution in [3.8, 4) is 0 Å². The van der Waals surface area contributed by atoms with E-state index >= 15 is 0 Å². The van der Waals surface area contributed by atoms with Crippen molar-refractivity contribution in [2.24, 2.45) is 5.41 Å². The molecule has 0 aromatic rings. The largest absolute Gasteiger partial charge is 0.0988 e. The molecule has 1 aliphatic carbocycles. The summed E-state index contributed by atoms with van der Waals surface area (Å²) >= 11 is 0. The maximum absolute atomic E-state index is 3.95. The summed E-state index contributed by atoms with van der Waals surface area (Å²) in [5.74, 6) is 0. The highest BCUT2D eigenvalue weighted by Crippen LogP contribution is 2.47. The Morgan fingerprint density at radius 2 is 1.24 bits per heavy atom. The predicted molar refractivity (Wildman–Crippen MR) is 105 cm³/mol. The third-order valence-electron chi connectivity index (χ3n) is 3.49. The molecule has 0 aliphatic heterocycles. The average Bonchev–Trinajstić information content (AvgIpc) is 3.10.